The van der Waals surface area contributed by atoms with Gasteiger partial charge in [-0.2, -0.15) is 5.10 Å². The number of aryl methyl sites for hydroxylation is 1. The van der Waals surface area contributed by atoms with Gasteiger partial charge < -0.3 is 5.73 Å². The van der Waals surface area contributed by atoms with Crippen molar-refractivity contribution in [2.75, 3.05) is 10.8 Å². The van der Waals surface area contributed by atoms with E-state index in [0.29, 0.717) is 18.8 Å². The second kappa shape index (κ2) is 6.28. The summed E-state index contributed by atoms with van der Waals surface area (Å²) in [5.74, 6) is 0. The van der Waals surface area contributed by atoms with Crippen LogP contribution in [0.3, 0.4) is 0 Å². The summed E-state index contributed by atoms with van der Waals surface area (Å²) in [5, 5.41) is 3.94. The van der Waals surface area contributed by atoms with Crippen molar-refractivity contribution < 1.29 is 8.42 Å². The van der Waals surface area contributed by atoms with Crippen molar-refractivity contribution in [2.24, 2.45) is 12.8 Å². The van der Waals surface area contributed by atoms with E-state index in [0.717, 1.165) is 12.0 Å². The first kappa shape index (κ1) is 15.5. The molecule has 0 amide bonds. The number of benzene rings is 1. The molecule has 1 heterocycles. The SMILES string of the molecule is CCCN(c1ccc(CN)cc1)S(=O)(=O)c1cnn(C)c1. The van der Waals surface area contributed by atoms with Gasteiger partial charge in [0.25, 0.3) is 10.0 Å². The van der Waals surface area contributed by atoms with Crippen molar-refractivity contribution in [3.63, 3.8) is 0 Å². The molecule has 114 valence electrons. The first-order chi connectivity index (χ1) is 9.98. The average Bonchev–Trinajstić information content (AvgIpc) is 2.92. The molecule has 2 N–H and O–H groups in total. The molecule has 0 atom stereocenters. The Bertz CT molecular complexity index is 692. The fourth-order valence-corrected chi connectivity index (χ4v) is 3.59. The summed E-state index contributed by atoms with van der Waals surface area (Å²) < 4.78 is 28.4. The second-order valence-electron chi connectivity index (χ2n) is 4.80. The minimum atomic E-state index is -3.60. The normalized spacial score (nSPS) is 11.6. The molecule has 0 bridgehead atoms. The third-order valence-corrected chi connectivity index (χ3v) is 4.94. The topological polar surface area (TPSA) is 81.2 Å². The molecule has 0 aliphatic heterocycles. The first-order valence-corrected chi connectivity index (χ1v) is 8.23. The molecule has 2 aromatic rings. The van der Waals surface area contributed by atoms with Crippen molar-refractivity contribution >= 4 is 15.7 Å². The molecule has 0 unspecified atom stereocenters. The molecule has 21 heavy (non-hydrogen) atoms. The summed E-state index contributed by atoms with van der Waals surface area (Å²) in [5.41, 5.74) is 7.17. The van der Waals surface area contributed by atoms with Crippen LogP contribution in [0.25, 0.3) is 0 Å². The van der Waals surface area contributed by atoms with Gasteiger partial charge in [-0.1, -0.05) is 19.1 Å². The number of hydrogen-bond acceptors (Lipinski definition) is 4. The highest BCUT2D eigenvalue weighted by Crippen LogP contribution is 2.24. The van der Waals surface area contributed by atoms with Crippen molar-refractivity contribution in [1.29, 1.82) is 0 Å². The lowest BCUT2D eigenvalue weighted by molar-refractivity contribution is 0.590. The van der Waals surface area contributed by atoms with Gasteiger partial charge in [0.1, 0.15) is 4.90 Å². The molecule has 2 rings (SSSR count). The molecule has 0 saturated carbocycles. The van der Waals surface area contributed by atoms with Gasteiger partial charge in [0, 0.05) is 26.3 Å². The van der Waals surface area contributed by atoms with Gasteiger partial charge in [0.05, 0.1) is 11.9 Å². The molecule has 6 nitrogen and oxygen atoms in total. The highest BCUT2D eigenvalue weighted by Gasteiger charge is 2.25. The Hall–Kier alpha value is -1.86. The van der Waals surface area contributed by atoms with Crippen LogP contribution in [0.15, 0.2) is 41.6 Å². The third kappa shape index (κ3) is 3.25. The summed E-state index contributed by atoms with van der Waals surface area (Å²) in [6, 6.07) is 7.26. The highest BCUT2D eigenvalue weighted by atomic mass is 32.2. The van der Waals surface area contributed by atoms with E-state index in [1.807, 2.05) is 19.1 Å². The predicted molar refractivity (Wildman–Crippen MR) is 82.4 cm³/mol. The smallest absolute Gasteiger partial charge is 0.267 e. The molecule has 7 heteroatoms. The van der Waals surface area contributed by atoms with Gasteiger partial charge in [-0.25, -0.2) is 8.42 Å². The number of hydrogen-bond donors (Lipinski definition) is 1. The third-order valence-electron chi connectivity index (χ3n) is 3.16. The fraction of sp³-hybridized carbons (Fsp3) is 0.357. The van der Waals surface area contributed by atoms with Crippen LogP contribution < -0.4 is 10.0 Å². The molecular weight excluding hydrogens is 288 g/mol. The molecule has 1 aromatic heterocycles. The van der Waals surface area contributed by atoms with E-state index in [1.165, 1.54) is 21.4 Å². The van der Waals surface area contributed by atoms with Gasteiger partial charge in [0.2, 0.25) is 0 Å². The Morgan fingerprint density at radius 2 is 1.95 bits per heavy atom. The van der Waals surface area contributed by atoms with E-state index in [2.05, 4.69) is 5.10 Å². The van der Waals surface area contributed by atoms with Crippen LogP contribution in [0.1, 0.15) is 18.9 Å². The zero-order valence-corrected chi connectivity index (χ0v) is 13.0. The van der Waals surface area contributed by atoms with E-state index in [-0.39, 0.29) is 4.90 Å². The van der Waals surface area contributed by atoms with Crippen LogP contribution in [0.5, 0.6) is 0 Å². The Morgan fingerprint density at radius 3 is 2.43 bits per heavy atom. The van der Waals surface area contributed by atoms with Gasteiger partial charge >= 0.3 is 0 Å². The van der Waals surface area contributed by atoms with E-state index in [1.54, 1.807) is 19.2 Å². The number of rotatable bonds is 6. The molecule has 0 radical (unpaired) electrons. The van der Waals surface area contributed by atoms with Crippen LogP contribution in [0.2, 0.25) is 0 Å². The molecular formula is C14H20N4O2S. The maximum Gasteiger partial charge on any atom is 0.267 e. The van der Waals surface area contributed by atoms with E-state index in [9.17, 15) is 8.42 Å². The number of nitrogens with zero attached hydrogens (tertiary/aromatic N) is 3. The standard InChI is InChI=1S/C14H20N4O2S/c1-3-8-18(13-6-4-12(9-15)5-7-13)21(19,20)14-10-16-17(2)11-14/h4-7,10-11H,3,8-9,15H2,1-2H3. The van der Waals surface area contributed by atoms with Crippen LogP contribution in [-0.4, -0.2) is 24.7 Å². The second-order valence-corrected chi connectivity index (χ2v) is 6.66. The van der Waals surface area contributed by atoms with E-state index >= 15 is 0 Å². The molecule has 0 fully saturated rings. The summed E-state index contributed by atoms with van der Waals surface area (Å²) in [6.07, 6.45) is 3.59. The van der Waals surface area contributed by atoms with E-state index < -0.39 is 10.0 Å². The zero-order valence-electron chi connectivity index (χ0n) is 12.2. The predicted octanol–water partition coefficient (Wildman–Crippen LogP) is 1.48. The first-order valence-electron chi connectivity index (χ1n) is 6.79. The lowest BCUT2D eigenvalue weighted by atomic mass is 10.2. The molecule has 0 aliphatic carbocycles. The van der Waals surface area contributed by atoms with Crippen LogP contribution in [0, 0.1) is 0 Å². The molecule has 0 spiro atoms. The quantitative estimate of drug-likeness (QED) is 0.876. The van der Waals surface area contributed by atoms with Gasteiger partial charge in [-0.3, -0.25) is 8.99 Å². The van der Waals surface area contributed by atoms with Crippen molar-refractivity contribution in [3.8, 4) is 0 Å². The monoisotopic (exact) mass is 308 g/mol. The largest absolute Gasteiger partial charge is 0.326 e. The Kier molecular flexibility index (Phi) is 4.64. The molecule has 0 saturated heterocycles. The average molecular weight is 308 g/mol. The number of aromatic nitrogens is 2. The molecule has 0 aliphatic rings. The lowest BCUT2D eigenvalue weighted by Gasteiger charge is -2.23. The summed E-state index contributed by atoms with van der Waals surface area (Å²) >= 11 is 0. The van der Waals surface area contributed by atoms with Crippen molar-refractivity contribution in [3.05, 3.63) is 42.2 Å². The van der Waals surface area contributed by atoms with Crippen LogP contribution in [-0.2, 0) is 23.6 Å². The Morgan fingerprint density at radius 1 is 1.29 bits per heavy atom. The minimum absolute atomic E-state index is 0.196. The maximum atomic E-state index is 12.7. The van der Waals surface area contributed by atoms with Crippen LogP contribution >= 0.6 is 0 Å². The number of sulfonamides is 1. The Labute approximate surface area is 125 Å². The summed E-state index contributed by atoms with van der Waals surface area (Å²) in [4.78, 5) is 0.196. The van der Waals surface area contributed by atoms with Gasteiger partial charge in [-0.05, 0) is 24.1 Å². The van der Waals surface area contributed by atoms with Crippen molar-refractivity contribution in [1.82, 2.24) is 9.78 Å². The zero-order chi connectivity index (χ0) is 15.5. The van der Waals surface area contributed by atoms with Gasteiger partial charge in [-0.15, -0.1) is 0 Å². The van der Waals surface area contributed by atoms with E-state index in [4.69, 9.17) is 5.73 Å². The lowest BCUT2D eigenvalue weighted by Crippen LogP contribution is -2.31. The van der Waals surface area contributed by atoms with Crippen LogP contribution in [0.4, 0.5) is 5.69 Å². The highest BCUT2D eigenvalue weighted by molar-refractivity contribution is 7.92. The number of nitrogens with two attached hydrogens (primary N) is 1. The Balaban J connectivity index is 2.41. The fourth-order valence-electron chi connectivity index (χ4n) is 2.05. The van der Waals surface area contributed by atoms with Crippen molar-refractivity contribution in [2.45, 2.75) is 24.8 Å². The molecule has 1 aromatic carbocycles. The summed E-state index contributed by atoms with van der Waals surface area (Å²) in [6.45, 7) is 2.79. The summed E-state index contributed by atoms with van der Waals surface area (Å²) in [7, 11) is -1.90. The minimum Gasteiger partial charge on any atom is -0.326 e. The maximum absolute atomic E-state index is 12.7. The number of anilines is 1. The van der Waals surface area contributed by atoms with Gasteiger partial charge in [0.15, 0.2) is 0 Å².